The van der Waals surface area contributed by atoms with Gasteiger partial charge in [-0.3, -0.25) is 9.59 Å². The zero-order chi connectivity index (χ0) is 21.3. The van der Waals surface area contributed by atoms with Crippen molar-refractivity contribution in [3.05, 3.63) is 93.9 Å². The summed E-state index contributed by atoms with van der Waals surface area (Å²) in [6, 6.07) is 19.4. The molecule has 0 aliphatic carbocycles. The quantitative estimate of drug-likeness (QED) is 0.459. The molecule has 3 rings (SSSR count). The zero-order valence-corrected chi connectivity index (χ0v) is 16.7. The van der Waals surface area contributed by atoms with Gasteiger partial charge in [0.1, 0.15) is 6.61 Å². The predicted octanol–water partition coefficient (Wildman–Crippen LogP) is 2.45. The first kappa shape index (κ1) is 21.0. The summed E-state index contributed by atoms with van der Waals surface area (Å²) in [5.41, 5.74) is 2.50. The second kappa shape index (κ2) is 10.2. The second-order valence-corrected chi connectivity index (χ2v) is 6.78. The number of hydrogen-bond donors (Lipinski definition) is 1. The highest BCUT2D eigenvalue weighted by Gasteiger charge is 2.12. The summed E-state index contributed by atoms with van der Waals surface area (Å²) in [7, 11) is 0. The second-order valence-electron chi connectivity index (χ2n) is 6.78. The summed E-state index contributed by atoms with van der Waals surface area (Å²) < 4.78 is 6.30. The largest absolute Gasteiger partial charge is 0.459 e. The van der Waals surface area contributed by atoms with Crippen LogP contribution in [0.2, 0.25) is 0 Å². The summed E-state index contributed by atoms with van der Waals surface area (Å²) >= 11 is 0. The number of hydrogen-bond acceptors (Lipinski definition) is 5. The van der Waals surface area contributed by atoms with Gasteiger partial charge in [-0.05, 0) is 37.1 Å². The van der Waals surface area contributed by atoms with Crippen LogP contribution in [0.15, 0.2) is 71.5 Å². The monoisotopic (exact) mass is 405 g/mol. The number of para-hydroxylation sites is 1. The SMILES string of the molecule is Cc1ccc(CCC(=O)NCCOC(=O)c2ccc(=O)n(-c3ccccc3)n2)cc1. The van der Waals surface area contributed by atoms with E-state index >= 15 is 0 Å². The van der Waals surface area contributed by atoms with Gasteiger partial charge in [-0.1, -0.05) is 48.0 Å². The van der Waals surface area contributed by atoms with Crippen LogP contribution in [0.4, 0.5) is 0 Å². The van der Waals surface area contributed by atoms with E-state index in [2.05, 4.69) is 10.4 Å². The van der Waals surface area contributed by atoms with Crippen molar-refractivity contribution in [2.24, 2.45) is 0 Å². The molecule has 0 atom stereocenters. The molecule has 7 nitrogen and oxygen atoms in total. The number of carbonyl (C=O) groups excluding carboxylic acids is 2. The molecule has 30 heavy (non-hydrogen) atoms. The molecule has 1 heterocycles. The number of carbonyl (C=O) groups is 2. The Morgan fingerprint density at radius 1 is 1.00 bits per heavy atom. The maximum atomic E-state index is 12.2. The van der Waals surface area contributed by atoms with Gasteiger partial charge in [0, 0.05) is 12.5 Å². The van der Waals surface area contributed by atoms with E-state index in [4.69, 9.17) is 4.74 Å². The van der Waals surface area contributed by atoms with Crippen LogP contribution >= 0.6 is 0 Å². The van der Waals surface area contributed by atoms with Crippen LogP contribution in [0, 0.1) is 6.92 Å². The number of benzene rings is 2. The lowest BCUT2D eigenvalue weighted by Crippen LogP contribution is -2.29. The number of amides is 1. The summed E-state index contributed by atoms with van der Waals surface area (Å²) in [6.45, 7) is 2.24. The molecule has 1 aromatic heterocycles. The lowest BCUT2D eigenvalue weighted by molar-refractivity contribution is -0.121. The van der Waals surface area contributed by atoms with E-state index in [9.17, 15) is 14.4 Å². The van der Waals surface area contributed by atoms with Crippen LogP contribution in [-0.2, 0) is 16.0 Å². The highest BCUT2D eigenvalue weighted by atomic mass is 16.5. The Morgan fingerprint density at radius 2 is 1.73 bits per heavy atom. The number of ether oxygens (including phenoxy) is 1. The van der Waals surface area contributed by atoms with E-state index in [0.717, 1.165) is 10.2 Å². The molecule has 0 radical (unpaired) electrons. The van der Waals surface area contributed by atoms with E-state index in [-0.39, 0.29) is 30.3 Å². The highest BCUT2D eigenvalue weighted by Crippen LogP contribution is 2.06. The van der Waals surface area contributed by atoms with Gasteiger partial charge in [0.15, 0.2) is 5.69 Å². The van der Waals surface area contributed by atoms with E-state index in [1.165, 1.54) is 17.7 Å². The average Bonchev–Trinajstić information content (AvgIpc) is 2.77. The number of nitrogens with one attached hydrogen (secondary N) is 1. The minimum atomic E-state index is -0.659. The van der Waals surface area contributed by atoms with Crippen molar-refractivity contribution in [3.8, 4) is 5.69 Å². The van der Waals surface area contributed by atoms with Crippen LogP contribution in [-0.4, -0.2) is 34.8 Å². The fourth-order valence-electron chi connectivity index (χ4n) is 2.78. The van der Waals surface area contributed by atoms with Crippen molar-refractivity contribution in [2.45, 2.75) is 19.8 Å². The smallest absolute Gasteiger partial charge is 0.358 e. The van der Waals surface area contributed by atoms with Crippen LogP contribution < -0.4 is 10.9 Å². The van der Waals surface area contributed by atoms with Crippen molar-refractivity contribution in [2.75, 3.05) is 13.2 Å². The van der Waals surface area contributed by atoms with Crippen molar-refractivity contribution >= 4 is 11.9 Å². The predicted molar refractivity (Wildman–Crippen MR) is 113 cm³/mol. The summed E-state index contributed by atoms with van der Waals surface area (Å²) in [5, 5.41) is 6.79. The van der Waals surface area contributed by atoms with Crippen LogP contribution in [0.3, 0.4) is 0 Å². The maximum Gasteiger partial charge on any atom is 0.358 e. The molecular weight excluding hydrogens is 382 g/mol. The topological polar surface area (TPSA) is 90.3 Å². The Balaban J connectivity index is 1.45. The molecule has 0 bridgehead atoms. The number of aromatic nitrogens is 2. The van der Waals surface area contributed by atoms with E-state index in [1.807, 2.05) is 37.3 Å². The molecule has 154 valence electrons. The van der Waals surface area contributed by atoms with Crippen molar-refractivity contribution < 1.29 is 14.3 Å². The molecule has 0 unspecified atom stereocenters. The summed E-state index contributed by atoms with van der Waals surface area (Å²) in [5.74, 6) is -0.768. The molecule has 3 aromatic rings. The Hall–Kier alpha value is -3.74. The Labute approximate surface area is 174 Å². The highest BCUT2D eigenvalue weighted by molar-refractivity contribution is 5.87. The lowest BCUT2D eigenvalue weighted by Gasteiger charge is -2.08. The fraction of sp³-hybridized carbons (Fsp3) is 0.217. The van der Waals surface area contributed by atoms with Crippen molar-refractivity contribution in [1.82, 2.24) is 15.1 Å². The lowest BCUT2D eigenvalue weighted by atomic mass is 10.1. The standard InChI is InChI=1S/C23H23N3O4/c1-17-7-9-18(10-8-17)11-13-21(27)24-15-16-30-23(29)20-12-14-22(28)26(25-20)19-5-3-2-4-6-19/h2-10,12,14H,11,13,15-16H2,1H3,(H,24,27). The van der Waals surface area contributed by atoms with Crippen molar-refractivity contribution in [1.29, 1.82) is 0 Å². The van der Waals surface area contributed by atoms with Gasteiger partial charge in [0.25, 0.3) is 5.56 Å². The van der Waals surface area contributed by atoms with Gasteiger partial charge in [-0.25, -0.2) is 4.79 Å². The molecule has 2 aromatic carbocycles. The third-order valence-electron chi connectivity index (χ3n) is 4.43. The van der Waals surface area contributed by atoms with E-state index in [0.29, 0.717) is 18.5 Å². The first-order valence-corrected chi connectivity index (χ1v) is 9.68. The molecule has 1 amide bonds. The van der Waals surface area contributed by atoms with E-state index in [1.54, 1.807) is 24.3 Å². The molecule has 0 fully saturated rings. The number of aryl methyl sites for hydroxylation is 2. The van der Waals surface area contributed by atoms with Gasteiger partial charge >= 0.3 is 5.97 Å². The van der Waals surface area contributed by atoms with Gasteiger partial charge < -0.3 is 10.1 Å². The fourth-order valence-corrected chi connectivity index (χ4v) is 2.78. The Bertz CT molecular complexity index is 1060. The van der Waals surface area contributed by atoms with Crippen LogP contribution in [0.5, 0.6) is 0 Å². The number of rotatable bonds is 8. The molecular formula is C23H23N3O4. The van der Waals surface area contributed by atoms with Crippen molar-refractivity contribution in [3.63, 3.8) is 0 Å². The van der Waals surface area contributed by atoms with Crippen LogP contribution in [0.25, 0.3) is 5.69 Å². The molecule has 0 aliphatic rings. The number of nitrogens with zero attached hydrogens (tertiary/aromatic N) is 2. The van der Waals surface area contributed by atoms with Gasteiger partial charge in [-0.2, -0.15) is 9.78 Å². The van der Waals surface area contributed by atoms with Crippen LogP contribution in [0.1, 0.15) is 28.0 Å². The Morgan fingerprint density at radius 3 is 2.47 bits per heavy atom. The minimum absolute atomic E-state index is 0.0151. The zero-order valence-electron chi connectivity index (χ0n) is 16.7. The molecule has 0 saturated carbocycles. The Kier molecular flexibility index (Phi) is 7.10. The van der Waals surface area contributed by atoms with Gasteiger partial charge in [0.05, 0.1) is 12.2 Å². The molecule has 0 spiro atoms. The third-order valence-corrected chi connectivity index (χ3v) is 4.43. The molecule has 7 heteroatoms. The average molecular weight is 405 g/mol. The molecule has 0 aliphatic heterocycles. The summed E-state index contributed by atoms with van der Waals surface area (Å²) in [4.78, 5) is 36.2. The first-order valence-electron chi connectivity index (χ1n) is 9.68. The van der Waals surface area contributed by atoms with E-state index < -0.39 is 5.97 Å². The molecule has 1 N–H and O–H groups in total. The summed E-state index contributed by atoms with van der Waals surface area (Å²) in [6.07, 6.45) is 1.01. The first-order chi connectivity index (χ1) is 14.5. The molecule has 0 saturated heterocycles. The van der Waals surface area contributed by atoms with Gasteiger partial charge in [0.2, 0.25) is 5.91 Å². The maximum absolute atomic E-state index is 12.2. The normalized spacial score (nSPS) is 10.4. The minimum Gasteiger partial charge on any atom is -0.459 e. The number of esters is 1. The third kappa shape index (κ3) is 5.88. The van der Waals surface area contributed by atoms with Gasteiger partial charge in [-0.15, -0.1) is 0 Å².